The SMILES string of the molecule is Cc1cc(O)c(-c2ccc(C(C)C)c(F)c2)c2c1[nH]c(=O)c1sccc12. The van der Waals surface area contributed by atoms with E-state index in [4.69, 9.17) is 0 Å². The minimum absolute atomic E-state index is 0.0752. The number of phenolic OH excluding ortho intramolecular Hbond substituents is 1. The number of benzene rings is 2. The fourth-order valence-corrected chi connectivity index (χ4v) is 4.32. The highest BCUT2D eigenvalue weighted by atomic mass is 32.1. The van der Waals surface area contributed by atoms with Crippen LogP contribution in [0.5, 0.6) is 5.75 Å². The predicted molar refractivity (Wildman–Crippen MR) is 106 cm³/mol. The minimum atomic E-state index is -0.295. The molecular formula is C21H18FNO2S. The van der Waals surface area contributed by atoms with Gasteiger partial charge in [-0.25, -0.2) is 4.39 Å². The fourth-order valence-electron chi connectivity index (χ4n) is 3.53. The zero-order valence-electron chi connectivity index (χ0n) is 14.7. The van der Waals surface area contributed by atoms with Crippen LogP contribution >= 0.6 is 11.3 Å². The normalized spacial score (nSPS) is 11.7. The van der Waals surface area contributed by atoms with Crippen LogP contribution in [0.2, 0.25) is 0 Å². The van der Waals surface area contributed by atoms with Crippen LogP contribution in [0.15, 0.2) is 40.5 Å². The highest BCUT2D eigenvalue weighted by molar-refractivity contribution is 7.17. The topological polar surface area (TPSA) is 53.1 Å². The van der Waals surface area contributed by atoms with Gasteiger partial charge in [0.1, 0.15) is 16.3 Å². The third-order valence-corrected chi connectivity index (χ3v) is 5.71. The summed E-state index contributed by atoms with van der Waals surface area (Å²) in [6, 6.07) is 8.53. The lowest BCUT2D eigenvalue weighted by molar-refractivity contribution is 0.477. The standard InChI is InChI=1S/C21H18FNO2S/c1-10(2)13-5-4-12(9-15(13)22)17-16(24)8-11(3)19-18(17)14-6-7-26-20(14)21(25)23-19/h4-10,24H,1-3H3,(H,23,25). The van der Waals surface area contributed by atoms with Crippen LogP contribution in [-0.4, -0.2) is 10.1 Å². The number of thiophene rings is 1. The van der Waals surface area contributed by atoms with E-state index in [1.54, 1.807) is 12.1 Å². The van der Waals surface area contributed by atoms with Gasteiger partial charge in [0.2, 0.25) is 0 Å². The Kier molecular flexibility index (Phi) is 3.84. The van der Waals surface area contributed by atoms with Crippen molar-refractivity contribution >= 4 is 32.3 Å². The van der Waals surface area contributed by atoms with Gasteiger partial charge in [-0.2, -0.15) is 0 Å². The monoisotopic (exact) mass is 367 g/mol. The Hall–Kier alpha value is -2.66. The van der Waals surface area contributed by atoms with Crippen molar-refractivity contribution in [2.24, 2.45) is 0 Å². The van der Waals surface area contributed by atoms with E-state index in [9.17, 15) is 14.3 Å². The maximum atomic E-state index is 14.6. The number of nitrogens with one attached hydrogen (secondary N) is 1. The Bertz CT molecular complexity index is 1220. The molecule has 2 aromatic carbocycles. The van der Waals surface area contributed by atoms with Crippen LogP contribution in [-0.2, 0) is 0 Å². The summed E-state index contributed by atoms with van der Waals surface area (Å²) in [7, 11) is 0. The molecule has 0 saturated carbocycles. The van der Waals surface area contributed by atoms with Crippen molar-refractivity contribution in [2.45, 2.75) is 26.7 Å². The van der Waals surface area contributed by atoms with E-state index in [-0.39, 0.29) is 23.0 Å². The smallest absolute Gasteiger partial charge is 0.266 e. The van der Waals surface area contributed by atoms with Gasteiger partial charge in [0.05, 0.1) is 5.52 Å². The molecule has 0 fully saturated rings. The molecule has 0 radical (unpaired) electrons. The summed E-state index contributed by atoms with van der Waals surface area (Å²) in [5.74, 6) is -0.143. The van der Waals surface area contributed by atoms with Gasteiger partial charge in [0, 0.05) is 16.3 Å². The number of hydrogen-bond donors (Lipinski definition) is 2. The third kappa shape index (κ3) is 2.42. The third-order valence-electron chi connectivity index (χ3n) is 4.79. The lowest BCUT2D eigenvalue weighted by atomic mass is 9.93. The van der Waals surface area contributed by atoms with Gasteiger partial charge >= 0.3 is 0 Å². The average molecular weight is 367 g/mol. The van der Waals surface area contributed by atoms with Gasteiger partial charge in [0.15, 0.2) is 0 Å². The predicted octanol–water partition coefficient (Wildman–Crippen LogP) is 5.69. The summed E-state index contributed by atoms with van der Waals surface area (Å²) in [5.41, 5.74) is 3.06. The molecule has 2 heterocycles. The Morgan fingerprint density at radius 3 is 2.65 bits per heavy atom. The van der Waals surface area contributed by atoms with E-state index in [0.29, 0.717) is 26.9 Å². The number of halogens is 1. The molecule has 0 aliphatic rings. The minimum Gasteiger partial charge on any atom is -0.507 e. The molecule has 2 N–H and O–H groups in total. The molecular weight excluding hydrogens is 349 g/mol. The maximum absolute atomic E-state index is 14.6. The van der Waals surface area contributed by atoms with Crippen molar-refractivity contribution in [1.82, 2.24) is 4.98 Å². The second-order valence-electron chi connectivity index (χ2n) is 6.85. The quantitative estimate of drug-likeness (QED) is 0.478. The molecule has 0 aliphatic heterocycles. The highest BCUT2D eigenvalue weighted by Gasteiger charge is 2.18. The molecule has 2 aromatic heterocycles. The zero-order valence-corrected chi connectivity index (χ0v) is 15.5. The van der Waals surface area contributed by atoms with Crippen molar-refractivity contribution in [3.05, 3.63) is 63.0 Å². The molecule has 0 saturated heterocycles. The van der Waals surface area contributed by atoms with Crippen LogP contribution in [0, 0.1) is 12.7 Å². The average Bonchev–Trinajstić information content (AvgIpc) is 3.06. The largest absolute Gasteiger partial charge is 0.507 e. The van der Waals surface area contributed by atoms with Crippen molar-refractivity contribution in [1.29, 1.82) is 0 Å². The van der Waals surface area contributed by atoms with E-state index in [1.807, 2.05) is 38.3 Å². The van der Waals surface area contributed by atoms with Crippen molar-refractivity contribution in [3.8, 4) is 16.9 Å². The van der Waals surface area contributed by atoms with E-state index in [0.717, 1.165) is 16.3 Å². The first-order chi connectivity index (χ1) is 12.4. The Morgan fingerprint density at radius 1 is 1.19 bits per heavy atom. The van der Waals surface area contributed by atoms with Crippen LogP contribution < -0.4 is 5.56 Å². The molecule has 0 spiro atoms. The first kappa shape index (κ1) is 16.8. The fraction of sp³-hybridized carbons (Fsp3) is 0.190. The summed E-state index contributed by atoms with van der Waals surface area (Å²) in [6.07, 6.45) is 0. The maximum Gasteiger partial charge on any atom is 0.266 e. The van der Waals surface area contributed by atoms with Crippen molar-refractivity contribution in [3.63, 3.8) is 0 Å². The summed E-state index contributed by atoms with van der Waals surface area (Å²) in [4.78, 5) is 15.3. The van der Waals surface area contributed by atoms with Crippen LogP contribution in [0.3, 0.4) is 0 Å². The lowest BCUT2D eigenvalue weighted by Gasteiger charge is -2.14. The molecule has 0 atom stereocenters. The Labute approximate surface area is 153 Å². The second kappa shape index (κ2) is 5.95. The number of aromatic nitrogens is 1. The van der Waals surface area contributed by atoms with Gasteiger partial charge in [-0.15, -0.1) is 11.3 Å². The number of pyridine rings is 1. The molecule has 0 bridgehead atoms. The molecule has 4 aromatic rings. The van der Waals surface area contributed by atoms with Crippen LogP contribution in [0.4, 0.5) is 4.39 Å². The van der Waals surface area contributed by atoms with Crippen LogP contribution in [0.1, 0.15) is 30.9 Å². The molecule has 26 heavy (non-hydrogen) atoms. The molecule has 4 rings (SSSR count). The summed E-state index contributed by atoms with van der Waals surface area (Å²) in [5, 5.41) is 14.0. The van der Waals surface area contributed by atoms with Crippen molar-refractivity contribution < 1.29 is 9.50 Å². The first-order valence-corrected chi connectivity index (χ1v) is 9.32. The van der Waals surface area contributed by atoms with E-state index < -0.39 is 0 Å². The van der Waals surface area contributed by atoms with Crippen molar-refractivity contribution in [2.75, 3.05) is 0 Å². The van der Waals surface area contributed by atoms with Gasteiger partial charge in [0.25, 0.3) is 5.56 Å². The molecule has 0 aliphatic carbocycles. The lowest BCUT2D eigenvalue weighted by Crippen LogP contribution is -2.06. The molecule has 132 valence electrons. The summed E-state index contributed by atoms with van der Waals surface area (Å²) in [6.45, 7) is 5.72. The van der Waals surface area contributed by atoms with Crippen LogP contribution in [0.25, 0.3) is 32.1 Å². The van der Waals surface area contributed by atoms with E-state index in [2.05, 4.69) is 4.98 Å². The Balaban J connectivity index is 2.15. The highest BCUT2D eigenvalue weighted by Crippen LogP contribution is 2.41. The number of fused-ring (bicyclic) bond motifs is 3. The van der Waals surface area contributed by atoms with Gasteiger partial charge in [-0.1, -0.05) is 26.0 Å². The molecule has 0 amide bonds. The second-order valence-corrected chi connectivity index (χ2v) is 7.76. The molecule has 0 unspecified atom stereocenters. The molecule has 5 heteroatoms. The Morgan fingerprint density at radius 2 is 1.96 bits per heavy atom. The number of aromatic amines is 1. The number of aromatic hydroxyl groups is 1. The number of phenols is 1. The van der Waals surface area contributed by atoms with Gasteiger partial charge < -0.3 is 10.1 Å². The number of H-pyrrole nitrogens is 1. The zero-order chi connectivity index (χ0) is 18.6. The number of hydrogen-bond acceptors (Lipinski definition) is 3. The summed E-state index contributed by atoms with van der Waals surface area (Å²) < 4.78 is 15.2. The van der Waals surface area contributed by atoms with Gasteiger partial charge in [-0.3, -0.25) is 4.79 Å². The number of rotatable bonds is 2. The summed E-state index contributed by atoms with van der Waals surface area (Å²) >= 11 is 1.35. The number of aryl methyl sites for hydroxylation is 1. The first-order valence-electron chi connectivity index (χ1n) is 8.44. The molecule has 3 nitrogen and oxygen atoms in total. The van der Waals surface area contributed by atoms with E-state index >= 15 is 0 Å². The van der Waals surface area contributed by atoms with Gasteiger partial charge in [-0.05, 0) is 53.1 Å². The van der Waals surface area contributed by atoms with E-state index in [1.165, 1.54) is 17.4 Å².